The van der Waals surface area contributed by atoms with Gasteiger partial charge in [0.1, 0.15) is 5.75 Å². The minimum Gasteiger partial charge on any atom is -0.489 e. The zero-order valence-corrected chi connectivity index (χ0v) is 10.3. The van der Waals surface area contributed by atoms with Gasteiger partial charge in [-0.15, -0.1) is 0 Å². The van der Waals surface area contributed by atoms with Crippen LogP contribution in [0.1, 0.15) is 26.7 Å². The molecule has 2 N–H and O–H groups in total. The molecule has 1 aliphatic rings. The molecule has 1 aliphatic heterocycles. The predicted octanol–water partition coefficient (Wildman–Crippen LogP) is 2.18. The molecule has 4 nitrogen and oxygen atoms in total. The Morgan fingerprint density at radius 3 is 2.71 bits per heavy atom. The Morgan fingerprint density at radius 1 is 1.41 bits per heavy atom. The van der Waals surface area contributed by atoms with Gasteiger partial charge >= 0.3 is 0 Å². The van der Waals surface area contributed by atoms with Crippen molar-refractivity contribution in [2.24, 2.45) is 0 Å². The molecule has 4 heteroatoms. The van der Waals surface area contributed by atoms with Crippen molar-refractivity contribution in [1.29, 1.82) is 0 Å². The van der Waals surface area contributed by atoms with Crippen molar-refractivity contribution in [1.82, 2.24) is 0 Å². The molecule has 0 aliphatic carbocycles. The van der Waals surface area contributed by atoms with E-state index < -0.39 is 0 Å². The van der Waals surface area contributed by atoms with Gasteiger partial charge < -0.3 is 15.4 Å². The molecule has 0 bridgehead atoms. The van der Waals surface area contributed by atoms with Crippen molar-refractivity contribution in [2.75, 3.05) is 17.2 Å². The van der Waals surface area contributed by atoms with Gasteiger partial charge in [0, 0.05) is 18.7 Å². The van der Waals surface area contributed by atoms with Crippen molar-refractivity contribution < 1.29 is 9.53 Å². The van der Waals surface area contributed by atoms with E-state index in [2.05, 4.69) is 0 Å². The molecule has 1 fully saturated rings. The van der Waals surface area contributed by atoms with Gasteiger partial charge in [-0.2, -0.15) is 0 Å². The monoisotopic (exact) mass is 234 g/mol. The summed E-state index contributed by atoms with van der Waals surface area (Å²) in [6, 6.07) is 5.52. The number of amides is 1. The maximum absolute atomic E-state index is 11.6. The first kappa shape index (κ1) is 11.8. The normalized spacial score (nSPS) is 15.7. The van der Waals surface area contributed by atoms with Crippen molar-refractivity contribution in [3.63, 3.8) is 0 Å². The van der Waals surface area contributed by atoms with E-state index in [4.69, 9.17) is 10.5 Å². The molecule has 1 aromatic carbocycles. The van der Waals surface area contributed by atoms with Gasteiger partial charge in [0.15, 0.2) is 0 Å². The second-order valence-electron chi connectivity index (χ2n) is 4.54. The molecule has 1 saturated heterocycles. The third-order valence-electron chi connectivity index (χ3n) is 2.74. The Balaban J connectivity index is 2.21. The number of carbonyl (C=O) groups is 1. The minimum atomic E-state index is 0.0940. The molecular weight excluding hydrogens is 216 g/mol. The number of hydrogen-bond donors (Lipinski definition) is 1. The zero-order valence-electron chi connectivity index (χ0n) is 10.3. The summed E-state index contributed by atoms with van der Waals surface area (Å²) in [5, 5.41) is 0. The summed E-state index contributed by atoms with van der Waals surface area (Å²) in [6.45, 7) is 4.69. The fourth-order valence-corrected chi connectivity index (χ4v) is 1.99. The van der Waals surface area contributed by atoms with Crippen LogP contribution in [0, 0.1) is 0 Å². The molecule has 0 atom stereocenters. The number of anilines is 2. The highest BCUT2D eigenvalue weighted by Gasteiger charge is 2.22. The van der Waals surface area contributed by atoms with E-state index >= 15 is 0 Å². The standard InChI is InChI=1S/C13H18N2O2/c1-9(2)17-12-6-5-10(8-11(12)14)15-7-3-4-13(15)16/h5-6,8-9H,3-4,7,14H2,1-2H3. The fraction of sp³-hybridized carbons (Fsp3) is 0.462. The maximum Gasteiger partial charge on any atom is 0.227 e. The number of nitrogens with zero attached hydrogens (tertiary/aromatic N) is 1. The van der Waals surface area contributed by atoms with Crippen molar-refractivity contribution in [3.05, 3.63) is 18.2 Å². The van der Waals surface area contributed by atoms with Gasteiger partial charge in [-0.1, -0.05) is 0 Å². The van der Waals surface area contributed by atoms with Crippen LogP contribution in [0.2, 0.25) is 0 Å². The van der Waals surface area contributed by atoms with Gasteiger partial charge in [0.25, 0.3) is 0 Å². The van der Waals surface area contributed by atoms with Gasteiger partial charge in [0.2, 0.25) is 5.91 Å². The van der Waals surface area contributed by atoms with Crippen LogP contribution in [0.4, 0.5) is 11.4 Å². The second-order valence-corrected chi connectivity index (χ2v) is 4.54. The molecule has 2 rings (SSSR count). The Labute approximate surface area is 101 Å². The van der Waals surface area contributed by atoms with E-state index in [0.717, 1.165) is 18.7 Å². The number of rotatable bonds is 3. The van der Waals surface area contributed by atoms with E-state index in [1.165, 1.54) is 0 Å². The average molecular weight is 234 g/mol. The van der Waals surface area contributed by atoms with Gasteiger partial charge in [-0.25, -0.2) is 0 Å². The number of hydrogen-bond acceptors (Lipinski definition) is 3. The highest BCUT2D eigenvalue weighted by Crippen LogP contribution is 2.30. The van der Waals surface area contributed by atoms with Crippen molar-refractivity contribution >= 4 is 17.3 Å². The molecule has 0 saturated carbocycles. The molecule has 1 amide bonds. The summed E-state index contributed by atoms with van der Waals surface area (Å²) in [7, 11) is 0. The predicted molar refractivity (Wildman–Crippen MR) is 68.2 cm³/mol. The number of nitrogens with two attached hydrogens (primary N) is 1. The quantitative estimate of drug-likeness (QED) is 0.815. The van der Waals surface area contributed by atoms with Crippen molar-refractivity contribution in [2.45, 2.75) is 32.8 Å². The Morgan fingerprint density at radius 2 is 2.18 bits per heavy atom. The van der Waals surface area contributed by atoms with Gasteiger partial charge in [-0.05, 0) is 38.5 Å². The number of benzene rings is 1. The van der Waals surface area contributed by atoms with Crippen LogP contribution >= 0.6 is 0 Å². The topological polar surface area (TPSA) is 55.6 Å². The first-order valence-corrected chi connectivity index (χ1v) is 5.94. The highest BCUT2D eigenvalue weighted by atomic mass is 16.5. The van der Waals surface area contributed by atoms with E-state index in [1.54, 1.807) is 11.0 Å². The smallest absolute Gasteiger partial charge is 0.227 e. The Bertz CT molecular complexity index is 429. The lowest BCUT2D eigenvalue weighted by Gasteiger charge is -2.18. The number of ether oxygens (including phenoxy) is 1. The molecule has 0 radical (unpaired) electrons. The summed E-state index contributed by atoms with van der Waals surface area (Å²) in [5.74, 6) is 0.845. The fourth-order valence-electron chi connectivity index (χ4n) is 1.99. The summed E-state index contributed by atoms with van der Waals surface area (Å²) in [4.78, 5) is 13.4. The molecule has 0 unspecified atom stereocenters. The SMILES string of the molecule is CC(C)Oc1ccc(N2CCCC2=O)cc1N. The lowest BCUT2D eigenvalue weighted by atomic mass is 10.2. The third-order valence-corrected chi connectivity index (χ3v) is 2.74. The van der Waals surface area contributed by atoms with Crippen LogP contribution in [0.3, 0.4) is 0 Å². The molecule has 1 aromatic rings. The summed E-state index contributed by atoms with van der Waals surface area (Å²) in [5.41, 5.74) is 7.36. The molecule has 0 spiro atoms. The van der Waals surface area contributed by atoms with E-state index in [9.17, 15) is 4.79 Å². The van der Waals surface area contributed by atoms with Crippen LogP contribution in [0.15, 0.2) is 18.2 Å². The summed E-state index contributed by atoms with van der Waals surface area (Å²) >= 11 is 0. The van der Waals surface area contributed by atoms with Crippen LogP contribution in [0.5, 0.6) is 5.75 Å². The van der Waals surface area contributed by atoms with E-state index in [1.807, 2.05) is 26.0 Å². The Hall–Kier alpha value is -1.71. The van der Waals surface area contributed by atoms with E-state index in [0.29, 0.717) is 17.9 Å². The second kappa shape index (κ2) is 4.65. The molecular formula is C13H18N2O2. The van der Waals surface area contributed by atoms with Crippen LogP contribution in [0.25, 0.3) is 0 Å². The summed E-state index contributed by atoms with van der Waals surface area (Å²) in [6.07, 6.45) is 1.64. The van der Waals surface area contributed by atoms with Crippen LogP contribution in [-0.2, 0) is 4.79 Å². The molecule has 0 aromatic heterocycles. The van der Waals surface area contributed by atoms with Gasteiger partial charge in [-0.3, -0.25) is 4.79 Å². The maximum atomic E-state index is 11.6. The van der Waals surface area contributed by atoms with Crippen molar-refractivity contribution in [3.8, 4) is 5.75 Å². The Kier molecular flexibility index (Phi) is 3.22. The van der Waals surface area contributed by atoms with Crippen LogP contribution in [-0.4, -0.2) is 18.6 Å². The largest absolute Gasteiger partial charge is 0.489 e. The molecule has 17 heavy (non-hydrogen) atoms. The average Bonchev–Trinajstić information content (AvgIpc) is 2.67. The summed E-state index contributed by atoms with van der Waals surface area (Å²) < 4.78 is 5.56. The lowest BCUT2D eigenvalue weighted by Crippen LogP contribution is -2.23. The molecule has 92 valence electrons. The number of nitrogen functional groups attached to an aromatic ring is 1. The third kappa shape index (κ3) is 2.52. The minimum absolute atomic E-state index is 0.0940. The number of carbonyl (C=O) groups excluding carboxylic acids is 1. The molecule has 1 heterocycles. The lowest BCUT2D eigenvalue weighted by molar-refractivity contribution is -0.117. The van der Waals surface area contributed by atoms with Crippen LogP contribution < -0.4 is 15.4 Å². The first-order chi connectivity index (χ1) is 8.08. The van der Waals surface area contributed by atoms with E-state index in [-0.39, 0.29) is 12.0 Å². The zero-order chi connectivity index (χ0) is 12.4. The first-order valence-electron chi connectivity index (χ1n) is 5.94. The van der Waals surface area contributed by atoms with Gasteiger partial charge in [0.05, 0.1) is 11.8 Å². The highest BCUT2D eigenvalue weighted by molar-refractivity contribution is 5.95.